The van der Waals surface area contributed by atoms with Crippen LogP contribution in [0, 0.1) is 11.3 Å². The fourth-order valence-electron chi connectivity index (χ4n) is 3.62. The maximum absolute atomic E-state index is 9.33. The Morgan fingerprint density at radius 2 is 1.81 bits per heavy atom. The van der Waals surface area contributed by atoms with Crippen LogP contribution in [0.5, 0.6) is 0 Å². The number of aromatic nitrogens is 3. The molecule has 4 rings (SSSR count). The fourth-order valence-corrected chi connectivity index (χ4v) is 3.62. The molecule has 1 aliphatic rings. The molecule has 136 valence electrons. The Hall–Kier alpha value is -2.97. The molecule has 3 heterocycles. The summed E-state index contributed by atoms with van der Waals surface area (Å²) in [6, 6.07) is 15.9. The molecular weight excluding hydrogens is 334 g/mol. The zero-order chi connectivity index (χ0) is 18.5. The summed E-state index contributed by atoms with van der Waals surface area (Å²) in [6.07, 6.45) is 7.76. The molecule has 1 aliphatic heterocycles. The van der Waals surface area contributed by atoms with Gasteiger partial charge in [-0.05, 0) is 50.2 Å². The average Bonchev–Trinajstić information content (AvgIpc) is 3.22. The molecule has 1 aromatic carbocycles. The average molecular weight is 357 g/mol. The Bertz CT molecular complexity index is 947. The van der Waals surface area contributed by atoms with Gasteiger partial charge in [0.05, 0.1) is 23.5 Å². The lowest BCUT2D eigenvalue weighted by Gasteiger charge is -2.26. The Labute approximate surface area is 159 Å². The highest BCUT2D eigenvalue weighted by Gasteiger charge is 2.11. The number of nitrogens with zero attached hydrogens (tertiary/aromatic N) is 5. The molecule has 0 amide bonds. The lowest BCUT2D eigenvalue weighted by Crippen LogP contribution is -2.32. The van der Waals surface area contributed by atoms with Crippen molar-refractivity contribution in [3.05, 3.63) is 60.4 Å². The standard InChI is InChI=1S/C22H23N5/c23-17-20-8-5-10-24-22(20)19-7-4-6-18(16-19)21-9-13-27(25-21)15-14-26-11-2-1-3-12-26/h4-10,13,16H,1-3,11-12,14-15H2. The molecule has 1 saturated heterocycles. The summed E-state index contributed by atoms with van der Waals surface area (Å²) in [5.74, 6) is 0. The van der Waals surface area contributed by atoms with Crippen molar-refractivity contribution in [1.29, 1.82) is 5.26 Å². The van der Waals surface area contributed by atoms with E-state index in [-0.39, 0.29) is 0 Å². The third-order valence-corrected chi connectivity index (χ3v) is 5.09. The van der Waals surface area contributed by atoms with E-state index >= 15 is 0 Å². The van der Waals surface area contributed by atoms with Gasteiger partial charge in [0.15, 0.2) is 0 Å². The first-order valence-electron chi connectivity index (χ1n) is 9.55. The number of pyridine rings is 1. The van der Waals surface area contributed by atoms with Crippen molar-refractivity contribution in [2.24, 2.45) is 0 Å². The minimum absolute atomic E-state index is 0.585. The van der Waals surface area contributed by atoms with Crippen LogP contribution in [0.1, 0.15) is 24.8 Å². The summed E-state index contributed by atoms with van der Waals surface area (Å²) in [7, 11) is 0. The van der Waals surface area contributed by atoms with Crippen LogP contribution in [-0.2, 0) is 6.54 Å². The van der Waals surface area contributed by atoms with Crippen molar-refractivity contribution in [1.82, 2.24) is 19.7 Å². The largest absolute Gasteiger partial charge is 0.301 e. The van der Waals surface area contributed by atoms with Crippen molar-refractivity contribution in [2.45, 2.75) is 25.8 Å². The molecule has 0 N–H and O–H groups in total. The molecule has 0 aliphatic carbocycles. The van der Waals surface area contributed by atoms with Gasteiger partial charge in [-0.15, -0.1) is 0 Å². The second-order valence-electron chi connectivity index (χ2n) is 6.96. The van der Waals surface area contributed by atoms with Gasteiger partial charge in [-0.25, -0.2) is 0 Å². The minimum Gasteiger partial charge on any atom is -0.301 e. The first kappa shape index (κ1) is 17.4. The van der Waals surface area contributed by atoms with E-state index in [2.05, 4.69) is 34.2 Å². The van der Waals surface area contributed by atoms with Crippen molar-refractivity contribution in [3.8, 4) is 28.6 Å². The molecule has 0 saturated carbocycles. The van der Waals surface area contributed by atoms with Gasteiger partial charge in [-0.3, -0.25) is 9.67 Å². The van der Waals surface area contributed by atoms with E-state index in [0.717, 1.165) is 29.9 Å². The monoisotopic (exact) mass is 357 g/mol. The lowest BCUT2D eigenvalue weighted by molar-refractivity contribution is 0.218. The maximum Gasteiger partial charge on any atom is 0.101 e. The van der Waals surface area contributed by atoms with Gasteiger partial charge >= 0.3 is 0 Å². The quantitative estimate of drug-likeness (QED) is 0.693. The Morgan fingerprint density at radius 3 is 2.67 bits per heavy atom. The molecule has 3 aromatic rings. The highest BCUT2D eigenvalue weighted by atomic mass is 15.3. The third kappa shape index (κ3) is 4.07. The number of nitriles is 1. The van der Waals surface area contributed by atoms with Gasteiger partial charge in [-0.2, -0.15) is 10.4 Å². The van der Waals surface area contributed by atoms with Gasteiger partial charge in [0.25, 0.3) is 0 Å². The van der Waals surface area contributed by atoms with E-state index in [1.54, 1.807) is 18.3 Å². The van der Waals surface area contributed by atoms with Gasteiger partial charge in [0.1, 0.15) is 6.07 Å². The van der Waals surface area contributed by atoms with E-state index in [9.17, 15) is 5.26 Å². The van der Waals surface area contributed by atoms with Crippen LogP contribution >= 0.6 is 0 Å². The molecule has 27 heavy (non-hydrogen) atoms. The zero-order valence-corrected chi connectivity index (χ0v) is 15.4. The molecule has 0 bridgehead atoms. The van der Waals surface area contributed by atoms with E-state index < -0.39 is 0 Å². The van der Waals surface area contributed by atoms with Crippen LogP contribution in [-0.4, -0.2) is 39.3 Å². The molecule has 1 fully saturated rings. The maximum atomic E-state index is 9.33. The second kappa shape index (κ2) is 8.15. The predicted molar refractivity (Wildman–Crippen MR) is 106 cm³/mol. The highest BCUT2D eigenvalue weighted by molar-refractivity contribution is 5.72. The smallest absolute Gasteiger partial charge is 0.101 e. The number of hydrogen-bond acceptors (Lipinski definition) is 4. The van der Waals surface area contributed by atoms with E-state index in [0.29, 0.717) is 11.3 Å². The van der Waals surface area contributed by atoms with E-state index in [1.807, 2.05) is 23.0 Å². The Morgan fingerprint density at radius 1 is 0.963 bits per heavy atom. The topological polar surface area (TPSA) is 57.7 Å². The van der Waals surface area contributed by atoms with Crippen LogP contribution in [0.3, 0.4) is 0 Å². The summed E-state index contributed by atoms with van der Waals surface area (Å²) in [5, 5.41) is 14.1. The first-order valence-corrected chi connectivity index (χ1v) is 9.55. The molecule has 5 nitrogen and oxygen atoms in total. The van der Waals surface area contributed by atoms with Crippen LogP contribution < -0.4 is 0 Å². The Balaban J connectivity index is 1.51. The number of rotatable bonds is 5. The molecule has 0 unspecified atom stereocenters. The SMILES string of the molecule is N#Cc1cccnc1-c1cccc(-c2ccn(CCN3CCCCC3)n2)c1. The number of piperidine rings is 1. The second-order valence-corrected chi connectivity index (χ2v) is 6.96. The molecule has 2 aromatic heterocycles. The molecule has 0 radical (unpaired) electrons. The van der Waals surface area contributed by atoms with Gasteiger partial charge in [-0.1, -0.05) is 24.6 Å². The molecule has 0 spiro atoms. The van der Waals surface area contributed by atoms with Crippen molar-refractivity contribution >= 4 is 0 Å². The van der Waals surface area contributed by atoms with Crippen molar-refractivity contribution in [2.75, 3.05) is 19.6 Å². The first-order chi connectivity index (χ1) is 13.3. The molecule has 5 heteroatoms. The summed E-state index contributed by atoms with van der Waals surface area (Å²) in [4.78, 5) is 6.91. The summed E-state index contributed by atoms with van der Waals surface area (Å²) >= 11 is 0. The predicted octanol–water partition coefficient (Wildman–Crippen LogP) is 3.97. The fraction of sp³-hybridized carbons (Fsp3) is 0.318. The van der Waals surface area contributed by atoms with E-state index in [4.69, 9.17) is 5.10 Å². The van der Waals surface area contributed by atoms with E-state index in [1.165, 1.54) is 32.4 Å². The zero-order valence-electron chi connectivity index (χ0n) is 15.4. The minimum atomic E-state index is 0.585. The van der Waals surface area contributed by atoms with Gasteiger partial charge < -0.3 is 4.90 Å². The van der Waals surface area contributed by atoms with Gasteiger partial charge in [0.2, 0.25) is 0 Å². The Kier molecular flexibility index (Phi) is 5.27. The van der Waals surface area contributed by atoms with Crippen LogP contribution in [0.4, 0.5) is 0 Å². The third-order valence-electron chi connectivity index (χ3n) is 5.09. The summed E-state index contributed by atoms with van der Waals surface area (Å²) in [5.41, 5.74) is 4.23. The van der Waals surface area contributed by atoms with Crippen LogP contribution in [0.2, 0.25) is 0 Å². The highest BCUT2D eigenvalue weighted by Crippen LogP contribution is 2.26. The molecular formula is C22H23N5. The van der Waals surface area contributed by atoms with Crippen molar-refractivity contribution in [3.63, 3.8) is 0 Å². The lowest BCUT2D eigenvalue weighted by atomic mass is 10.0. The normalized spacial score (nSPS) is 14.8. The number of hydrogen-bond donors (Lipinski definition) is 0. The molecule has 0 atom stereocenters. The number of likely N-dealkylation sites (tertiary alicyclic amines) is 1. The van der Waals surface area contributed by atoms with Gasteiger partial charge in [0, 0.05) is 30.1 Å². The van der Waals surface area contributed by atoms with Crippen LogP contribution in [0.25, 0.3) is 22.5 Å². The van der Waals surface area contributed by atoms with Crippen LogP contribution in [0.15, 0.2) is 54.9 Å². The van der Waals surface area contributed by atoms with Crippen molar-refractivity contribution < 1.29 is 0 Å². The summed E-state index contributed by atoms with van der Waals surface area (Å²) in [6.45, 7) is 4.39. The number of benzene rings is 1. The summed E-state index contributed by atoms with van der Waals surface area (Å²) < 4.78 is 2.03.